The molecule has 1 aromatic rings. The maximum atomic E-state index is 12.4. The number of anilines is 1. The lowest BCUT2D eigenvalue weighted by molar-refractivity contribution is -0.117. The summed E-state index contributed by atoms with van der Waals surface area (Å²) in [4.78, 5) is 29.9. The Morgan fingerprint density at radius 3 is 2.67 bits per heavy atom. The monoisotopic (exact) mass is 493 g/mol. The van der Waals surface area contributed by atoms with Gasteiger partial charge in [-0.1, -0.05) is 41.0 Å². The van der Waals surface area contributed by atoms with Gasteiger partial charge in [-0.2, -0.15) is 4.99 Å². The van der Waals surface area contributed by atoms with Gasteiger partial charge in [-0.3, -0.25) is 4.79 Å². The van der Waals surface area contributed by atoms with Crippen molar-refractivity contribution in [3.8, 4) is 0 Å². The van der Waals surface area contributed by atoms with Gasteiger partial charge in [-0.25, -0.2) is 13.2 Å². The lowest BCUT2D eigenvalue weighted by atomic mass is 10.2. The molecule has 12 heteroatoms. The molecule has 2 fully saturated rings. The number of carbonyl (C=O) groups excluding carboxylic acids is 2. The van der Waals surface area contributed by atoms with E-state index in [0.29, 0.717) is 15.9 Å². The highest BCUT2D eigenvalue weighted by Gasteiger charge is 2.49. The van der Waals surface area contributed by atoms with Crippen LogP contribution >= 0.6 is 35.0 Å². The van der Waals surface area contributed by atoms with Crippen LogP contribution in [0.4, 0.5) is 10.5 Å². The predicted octanol–water partition coefficient (Wildman–Crippen LogP) is 3.12. The number of hydrogen-bond donors (Lipinski definition) is 1. The van der Waals surface area contributed by atoms with Crippen molar-refractivity contribution in [1.29, 1.82) is 0 Å². The molecular weight excluding hydrogens is 473 g/mol. The van der Waals surface area contributed by atoms with Crippen LogP contribution in [0.1, 0.15) is 20.8 Å². The molecule has 1 N–H and O–H groups in total. The van der Waals surface area contributed by atoms with E-state index in [4.69, 9.17) is 27.9 Å². The van der Waals surface area contributed by atoms with Gasteiger partial charge in [0.2, 0.25) is 0 Å². The summed E-state index contributed by atoms with van der Waals surface area (Å²) in [5, 5.41) is 2.95. The van der Waals surface area contributed by atoms with Crippen LogP contribution in [0.3, 0.4) is 0 Å². The SMILES string of the molecule is CC(C)(C)OC(=O)NCC(=O)N=C1S[C@@H]2CS(=O)(=O)C[C@H]2N1c1cccc(Cl)c1Cl. The number of amidine groups is 1. The molecule has 1 aromatic carbocycles. The number of carbonyl (C=O) groups is 2. The van der Waals surface area contributed by atoms with Crippen molar-refractivity contribution in [3.05, 3.63) is 28.2 Å². The number of fused-ring (bicyclic) bond motifs is 1. The Bertz CT molecular complexity index is 1010. The van der Waals surface area contributed by atoms with Gasteiger partial charge in [-0.15, -0.1) is 0 Å². The summed E-state index contributed by atoms with van der Waals surface area (Å²) in [5.41, 5.74) is -0.212. The second kappa shape index (κ2) is 8.57. The number of alkyl carbamates (subject to hydrolysis) is 1. The number of hydrogen-bond acceptors (Lipinski definition) is 6. The lowest BCUT2D eigenvalue weighted by Crippen LogP contribution is -2.39. The molecule has 2 aliphatic heterocycles. The van der Waals surface area contributed by atoms with E-state index < -0.39 is 33.5 Å². The third-order valence-electron chi connectivity index (χ3n) is 4.26. The Hall–Kier alpha value is -1.49. The lowest BCUT2D eigenvalue weighted by Gasteiger charge is -2.25. The van der Waals surface area contributed by atoms with Gasteiger partial charge in [0.1, 0.15) is 12.1 Å². The predicted molar refractivity (Wildman–Crippen MR) is 119 cm³/mol. The summed E-state index contributed by atoms with van der Waals surface area (Å²) in [5.74, 6) is -0.689. The van der Waals surface area contributed by atoms with Crippen molar-refractivity contribution in [2.24, 2.45) is 4.99 Å². The van der Waals surface area contributed by atoms with E-state index in [1.165, 1.54) is 11.8 Å². The molecule has 2 aliphatic rings. The van der Waals surface area contributed by atoms with E-state index in [1.807, 2.05) is 0 Å². The smallest absolute Gasteiger partial charge is 0.408 e. The Morgan fingerprint density at radius 1 is 1.30 bits per heavy atom. The van der Waals surface area contributed by atoms with Gasteiger partial charge in [-0.05, 0) is 32.9 Å². The molecule has 30 heavy (non-hydrogen) atoms. The van der Waals surface area contributed by atoms with Crippen LogP contribution in [0.5, 0.6) is 0 Å². The molecule has 0 bridgehead atoms. The van der Waals surface area contributed by atoms with Gasteiger partial charge in [0.15, 0.2) is 15.0 Å². The zero-order valence-corrected chi connectivity index (χ0v) is 19.7. The number of sulfone groups is 1. The quantitative estimate of drug-likeness (QED) is 0.689. The number of aliphatic imine (C=N–C) groups is 1. The number of nitrogens with zero attached hydrogens (tertiary/aromatic N) is 2. The Balaban J connectivity index is 1.83. The molecule has 2 saturated heterocycles. The fourth-order valence-corrected chi connectivity index (χ4v) is 7.44. The molecule has 0 unspecified atom stereocenters. The standard InChI is InChI=1S/C18H21Cl2N3O5S2/c1-18(2,3)28-17(25)21-7-14(24)22-16-23(11-6-4-5-10(19)15(11)20)12-8-30(26,27)9-13(12)29-16/h4-6,12-13H,7-9H2,1-3H3,(H,21,25)/t12-,13-/m1/s1. The van der Waals surface area contributed by atoms with Crippen molar-refractivity contribution < 1.29 is 22.7 Å². The molecule has 164 valence electrons. The second-order valence-electron chi connectivity index (χ2n) is 7.89. The average molecular weight is 494 g/mol. The van der Waals surface area contributed by atoms with Crippen LogP contribution < -0.4 is 10.2 Å². The maximum Gasteiger partial charge on any atom is 0.408 e. The van der Waals surface area contributed by atoms with Crippen LogP contribution in [0.15, 0.2) is 23.2 Å². The largest absolute Gasteiger partial charge is 0.444 e. The molecule has 8 nitrogen and oxygen atoms in total. The van der Waals surface area contributed by atoms with E-state index in [0.717, 1.165) is 0 Å². The van der Waals surface area contributed by atoms with E-state index in [2.05, 4.69) is 10.3 Å². The first-order valence-corrected chi connectivity index (χ1v) is 12.5. The van der Waals surface area contributed by atoms with Crippen molar-refractivity contribution in [3.63, 3.8) is 0 Å². The normalized spacial score (nSPS) is 24.0. The second-order valence-corrected chi connectivity index (χ2v) is 12.0. The number of thioether (sulfide) groups is 1. The summed E-state index contributed by atoms with van der Waals surface area (Å²) in [6.07, 6.45) is -0.729. The Kier molecular flexibility index (Phi) is 6.62. The number of benzene rings is 1. The van der Waals surface area contributed by atoms with Crippen LogP contribution in [0, 0.1) is 0 Å². The van der Waals surface area contributed by atoms with Crippen LogP contribution in [0.25, 0.3) is 0 Å². The molecule has 0 radical (unpaired) electrons. The first-order valence-electron chi connectivity index (χ1n) is 9.05. The molecule has 2 amide bonds. The zero-order valence-electron chi connectivity index (χ0n) is 16.5. The first kappa shape index (κ1) is 23.2. The summed E-state index contributed by atoms with van der Waals surface area (Å²) in [6, 6.07) is 4.59. The molecule has 3 rings (SSSR count). The summed E-state index contributed by atoms with van der Waals surface area (Å²) >= 11 is 13.7. The van der Waals surface area contributed by atoms with Crippen LogP contribution in [-0.2, 0) is 19.4 Å². The first-order chi connectivity index (χ1) is 13.9. The molecule has 0 aromatic heterocycles. The topological polar surface area (TPSA) is 105 Å². The minimum absolute atomic E-state index is 0.0135. The van der Waals surface area contributed by atoms with E-state index >= 15 is 0 Å². The molecule has 2 heterocycles. The Labute approximate surface area is 189 Å². The van der Waals surface area contributed by atoms with Crippen LogP contribution in [-0.4, -0.2) is 60.5 Å². The van der Waals surface area contributed by atoms with Gasteiger partial charge in [0.05, 0.1) is 33.3 Å². The minimum atomic E-state index is -3.21. The highest BCUT2D eigenvalue weighted by Crippen LogP contribution is 2.44. The summed E-state index contributed by atoms with van der Waals surface area (Å²) in [7, 11) is -3.21. The van der Waals surface area contributed by atoms with Gasteiger partial charge in [0.25, 0.3) is 5.91 Å². The summed E-state index contributed by atoms with van der Waals surface area (Å²) in [6.45, 7) is 4.78. The molecule has 2 atom stereocenters. The highest BCUT2D eigenvalue weighted by molar-refractivity contribution is 8.16. The van der Waals surface area contributed by atoms with Crippen molar-refractivity contribution in [1.82, 2.24) is 5.32 Å². The molecule has 0 saturated carbocycles. The van der Waals surface area contributed by atoms with Crippen LogP contribution in [0.2, 0.25) is 10.0 Å². The van der Waals surface area contributed by atoms with E-state index in [1.54, 1.807) is 43.9 Å². The number of halogens is 2. The van der Waals surface area contributed by atoms with E-state index in [-0.39, 0.29) is 28.3 Å². The minimum Gasteiger partial charge on any atom is -0.444 e. The van der Waals surface area contributed by atoms with E-state index in [9.17, 15) is 18.0 Å². The zero-order chi connectivity index (χ0) is 22.3. The Morgan fingerprint density at radius 2 is 2.00 bits per heavy atom. The number of amides is 2. The maximum absolute atomic E-state index is 12.4. The summed E-state index contributed by atoms with van der Waals surface area (Å²) < 4.78 is 29.3. The fraction of sp³-hybridized carbons (Fsp3) is 0.500. The number of nitrogens with one attached hydrogen (secondary N) is 1. The van der Waals surface area contributed by atoms with Gasteiger partial charge < -0.3 is 15.0 Å². The molecule has 0 aliphatic carbocycles. The highest BCUT2D eigenvalue weighted by atomic mass is 35.5. The number of ether oxygens (including phenoxy) is 1. The van der Waals surface area contributed by atoms with Crippen molar-refractivity contribution >= 4 is 67.7 Å². The third kappa shape index (κ3) is 5.40. The molecular formula is C18H21Cl2N3O5S2. The van der Waals surface area contributed by atoms with Gasteiger partial charge in [0, 0.05) is 5.25 Å². The number of rotatable bonds is 3. The molecule has 0 spiro atoms. The van der Waals surface area contributed by atoms with Crippen molar-refractivity contribution in [2.45, 2.75) is 37.7 Å². The third-order valence-corrected chi connectivity index (χ3v) is 8.28. The average Bonchev–Trinajstić information content (AvgIpc) is 3.05. The fourth-order valence-electron chi connectivity index (χ4n) is 3.13. The van der Waals surface area contributed by atoms with Crippen molar-refractivity contribution in [2.75, 3.05) is 23.0 Å². The van der Waals surface area contributed by atoms with Gasteiger partial charge >= 0.3 is 6.09 Å².